The molecule has 5 nitrogen and oxygen atoms in total. The Kier molecular flexibility index (Phi) is 6.07. The summed E-state index contributed by atoms with van der Waals surface area (Å²) >= 11 is 1.59. The summed E-state index contributed by atoms with van der Waals surface area (Å²) in [6.45, 7) is 4.33. The van der Waals surface area contributed by atoms with Gasteiger partial charge in [-0.3, -0.25) is 4.79 Å². The first-order chi connectivity index (χ1) is 12.6. The van der Waals surface area contributed by atoms with Crippen molar-refractivity contribution in [3.05, 3.63) is 71.1 Å². The number of nitrogens with one attached hydrogen (secondary N) is 1. The SMILES string of the molecule is Cc1cccc(-c2noc(CNC(=O)CSCc3ccccc3C)n2)c1. The molecule has 1 amide bonds. The molecule has 1 aromatic heterocycles. The van der Waals surface area contributed by atoms with Crippen molar-refractivity contribution in [3.63, 3.8) is 0 Å². The normalized spacial score (nSPS) is 10.7. The minimum absolute atomic E-state index is 0.0427. The molecule has 0 saturated heterocycles. The van der Waals surface area contributed by atoms with Crippen molar-refractivity contribution in [1.29, 1.82) is 0 Å². The van der Waals surface area contributed by atoms with Crippen LogP contribution in [0.1, 0.15) is 22.6 Å². The molecule has 0 fully saturated rings. The standard InChI is InChI=1S/C20H21N3O2S/c1-14-6-5-9-16(10-14)20-22-19(25-23-20)11-21-18(24)13-26-12-17-8-4-3-7-15(17)2/h3-10H,11-13H2,1-2H3,(H,21,24). The van der Waals surface area contributed by atoms with E-state index in [1.807, 2.05) is 43.3 Å². The van der Waals surface area contributed by atoms with E-state index in [4.69, 9.17) is 4.52 Å². The number of aromatic nitrogens is 2. The van der Waals surface area contributed by atoms with E-state index in [2.05, 4.69) is 34.5 Å². The lowest BCUT2D eigenvalue weighted by Gasteiger charge is -2.05. The van der Waals surface area contributed by atoms with Crippen LogP contribution in [0, 0.1) is 13.8 Å². The highest BCUT2D eigenvalue weighted by Gasteiger charge is 2.10. The summed E-state index contributed by atoms with van der Waals surface area (Å²) in [6.07, 6.45) is 0. The molecule has 0 unspecified atom stereocenters. The topological polar surface area (TPSA) is 68.0 Å². The highest BCUT2D eigenvalue weighted by Crippen LogP contribution is 2.17. The van der Waals surface area contributed by atoms with Gasteiger partial charge in [0, 0.05) is 11.3 Å². The molecule has 26 heavy (non-hydrogen) atoms. The van der Waals surface area contributed by atoms with Gasteiger partial charge in [0.15, 0.2) is 0 Å². The number of carbonyl (C=O) groups excluding carboxylic acids is 1. The van der Waals surface area contributed by atoms with Crippen molar-refractivity contribution in [2.24, 2.45) is 0 Å². The van der Waals surface area contributed by atoms with E-state index in [9.17, 15) is 4.79 Å². The lowest BCUT2D eigenvalue weighted by Crippen LogP contribution is -2.24. The summed E-state index contributed by atoms with van der Waals surface area (Å²) < 4.78 is 5.22. The first kappa shape index (κ1) is 18.2. The molecule has 0 saturated carbocycles. The zero-order valence-electron chi connectivity index (χ0n) is 14.9. The van der Waals surface area contributed by atoms with Gasteiger partial charge >= 0.3 is 0 Å². The second-order valence-corrected chi connectivity index (χ2v) is 7.06. The van der Waals surface area contributed by atoms with Crippen LogP contribution in [-0.4, -0.2) is 21.8 Å². The number of benzene rings is 2. The Morgan fingerprint density at radius 2 is 2.00 bits per heavy atom. The molecule has 3 rings (SSSR count). The van der Waals surface area contributed by atoms with Gasteiger partial charge in [-0.2, -0.15) is 4.98 Å². The predicted molar refractivity (Wildman–Crippen MR) is 104 cm³/mol. The van der Waals surface area contributed by atoms with Gasteiger partial charge in [0.1, 0.15) is 0 Å². The fourth-order valence-electron chi connectivity index (χ4n) is 2.48. The van der Waals surface area contributed by atoms with Gasteiger partial charge in [-0.05, 0) is 31.0 Å². The second kappa shape index (κ2) is 8.67. The van der Waals surface area contributed by atoms with Gasteiger partial charge in [0.2, 0.25) is 17.6 Å². The Balaban J connectivity index is 1.45. The number of nitrogens with zero attached hydrogens (tertiary/aromatic N) is 2. The lowest BCUT2D eigenvalue weighted by atomic mass is 10.1. The molecule has 134 valence electrons. The van der Waals surface area contributed by atoms with Crippen molar-refractivity contribution in [2.45, 2.75) is 26.1 Å². The molecule has 2 aromatic carbocycles. The van der Waals surface area contributed by atoms with E-state index >= 15 is 0 Å². The summed E-state index contributed by atoms with van der Waals surface area (Å²) in [5.41, 5.74) is 4.54. The van der Waals surface area contributed by atoms with Crippen LogP contribution in [0.5, 0.6) is 0 Å². The van der Waals surface area contributed by atoms with E-state index in [1.54, 1.807) is 11.8 Å². The first-order valence-corrected chi connectivity index (χ1v) is 9.56. The molecular formula is C20H21N3O2S. The van der Waals surface area contributed by atoms with Gasteiger partial charge in [0.05, 0.1) is 12.3 Å². The number of hydrogen-bond donors (Lipinski definition) is 1. The van der Waals surface area contributed by atoms with Crippen LogP contribution in [0.25, 0.3) is 11.4 Å². The van der Waals surface area contributed by atoms with Crippen molar-refractivity contribution < 1.29 is 9.32 Å². The van der Waals surface area contributed by atoms with Gasteiger partial charge in [-0.25, -0.2) is 0 Å². The molecule has 6 heteroatoms. The zero-order valence-corrected chi connectivity index (χ0v) is 15.7. The Morgan fingerprint density at radius 1 is 1.15 bits per heavy atom. The molecule has 0 aliphatic heterocycles. The van der Waals surface area contributed by atoms with Crippen LogP contribution in [0.2, 0.25) is 0 Å². The molecule has 0 spiro atoms. The number of carbonyl (C=O) groups is 1. The minimum atomic E-state index is -0.0427. The highest BCUT2D eigenvalue weighted by molar-refractivity contribution is 7.99. The van der Waals surface area contributed by atoms with Crippen molar-refractivity contribution in [2.75, 3.05) is 5.75 Å². The van der Waals surface area contributed by atoms with E-state index < -0.39 is 0 Å². The predicted octanol–water partition coefficient (Wildman–Crippen LogP) is 3.90. The fourth-order valence-corrected chi connectivity index (χ4v) is 3.41. The van der Waals surface area contributed by atoms with Crippen LogP contribution in [-0.2, 0) is 17.1 Å². The molecule has 1 N–H and O–H groups in total. The number of hydrogen-bond acceptors (Lipinski definition) is 5. The fraction of sp³-hybridized carbons (Fsp3) is 0.250. The largest absolute Gasteiger partial charge is 0.346 e. The Morgan fingerprint density at radius 3 is 2.81 bits per heavy atom. The Bertz CT molecular complexity index is 892. The molecule has 3 aromatic rings. The molecule has 0 aliphatic carbocycles. The van der Waals surface area contributed by atoms with E-state index in [-0.39, 0.29) is 12.5 Å². The maximum absolute atomic E-state index is 12.0. The quantitative estimate of drug-likeness (QED) is 0.686. The van der Waals surface area contributed by atoms with Crippen LogP contribution < -0.4 is 5.32 Å². The number of thioether (sulfide) groups is 1. The van der Waals surface area contributed by atoms with Crippen molar-refractivity contribution >= 4 is 17.7 Å². The minimum Gasteiger partial charge on any atom is -0.346 e. The van der Waals surface area contributed by atoms with Crippen LogP contribution >= 0.6 is 11.8 Å². The summed E-state index contributed by atoms with van der Waals surface area (Å²) in [7, 11) is 0. The summed E-state index contributed by atoms with van der Waals surface area (Å²) in [6, 6.07) is 16.1. The van der Waals surface area contributed by atoms with Gasteiger partial charge in [0.25, 0.3) is 0 Å². The van der Waals surface area contributed by atoms with Gasteiger partial charge < -0.3 is 9.84 Å². The third-order valence-corrected chi connectivity index (χ3v) is 4.91. The molecular weight excluding hydrogens is 346 g/mol. The highest BCUT2D eigenvalue weighted by atomic mass is 32.2. The summed E-state index contributed by atoms with van der Waals surface area (Å²) in [5, 5.41) is 6.79. The van der Waals surface area contributed by atoms with Crippen molar-refractivity contribution in [3.8, 4) is 11.4 Å². The van der Waals surface area contributed by atoms with Crippen molar-refractivity contribution in [1.82, 2.24) is 15.5 Å². The maximum Gasteiger partial charge on any atom is 0.246 e. The smallest absolute Gasteiger partial charge is 0.246 e. The third-order valence-electron chi connectivity index (χ3n) is 3.93. The van der Waals surface area contributed by atoms with Gasteiger partial charge in [-0.15, -0.1) is 11.8 Å². The second-order valence-electron chi connectivity index (χ2n) is 6.08. The Labute approximate surface area is 157 Å². The van der Waals surface area contributed by atoms with Gasteiger partial charge in [-0.1, -0.05) is 53.2 Å². The van der Waals surface area contributed by atoms with E-state index in [1.165, 1.54) is 11.1 Å². The summed E-state index contributed by atoms with van der Waals surface area (Å²) in [5.74, 6) is 2.11. The molecule has 0 bridgehead atoms. The zero-order chi connectivity index (χ0) is 18.4. The first-order valence-electron chi connectivity index (χ1n) is 8.40. The number of aryl methyl sites for hydroxylation is 2. The number of rotatable bonds is 7. The lowest BCUT2D eigenvalue weighted by molar-refractivity contribution is -0.118. The van der Waals surface area contributed by atoms with Crippen LogP contribution in [0.15, 0.2) is 53.1 Å². The molecule has 0 radical (unpaired) electrons. The molecule has 0 aliphatic rings. The van der Waals surface area contributed by atoms with Crippen LogP contribution in [0.4, 0.5) is 0 Å². The molecule has 0 atom stereocenters. The average molecular weight is 367 g/mol. The third kappa shape index (κ3) is 4.95. The number of amides is 1. The van der Waals surface area contributed by atoms with Crippen LogP contribution in [0.3, 0.4) is 0 Å². The average Bonchev–Trinajstić information content (AvgIpc) is 3.11. The van der Waals surface area contributed by atoms with E-state index in [0.29, 0.717) is 17.5 Å². The maximum atomic E-state index is 12.0. The molecule has 1 heterocycles. The summed E-state index contributed by atoms with van der Waals surface area (Å²) in [4.78, 5) is 16.3. The van der Waals surface area contributed by atoms with E-state index in [0.717, 1.165) is 16.9 Å². The Hall–Kier alpha value is -2.60. The monoisotopic (exact) mass is 367 g/mol.